The maximum absolute atomic E-state index is 11.9. The lowest BCUT2D eigenvalue weighted by atomic mass is 9.48. The number of hydrogen-bond acceptors (Lipinski definition) is 4. The zero-order chi connectivity index (χ0) is 18.2. The van der Waals surface area contributed by atoms with Crippen LogP contribution in [-0.2, 0) is 9.53 Å². The molecule has 26 heavy (non-hydrogen) atoms. The van der Waals surface area contributed by atoms with Gasteiger partial charge in [0.25, 0.3) is 0 Å². The third-order valence-electron chi connectivity index (χ3n) is 8.99. The molecule has 0 aromatic carbocycles. The average Bonchev–Trinajstić information content (AvgIpc) is 3.15. The fraction of sp³-hybridized carbons (Fsp3) is 0.727. The van der Waals surface area contributed by atoms with Crippen LogP contribution in [0.2, 0.25) is 0 Å². The Balaban J connectivity index is 1.52. The Kier molecular flexibility index (Phi) is 3.34. The van der Waals surface area contributed by atoms with Gasteiger partial charge in [-0.15, -0.1) is 0 Å². The first kappa shape index (κ1) is 16.6. The SMILES string of the molecule is C[C@@]12CC/C(=N/O)C=C1C=C[C@@H]1[C@H]3CC[C@@]4(CCC(=O)O4)[C@]3(C)CC[C@@H]12. The molecule has 1 aliphatic heterocycles. The number of fused-ring (bicyclic) bond motifs is 6. The second-order valence-corrected chi connectivity index (χ2v) is 9.72. The number of allylic oxidation sites excluding steroid dienone is 4. The topological polar surface area (TPSA) is 58.9 Å². The van der Waals surface area contributed by atoms with Crippen LogP contribution >= 0.6 is 0 Å². The predicted molar refractivity (Wildman–Crippen MR) is 98.9 cm³/mol. The van der Waals surface area contributed by atoms with Gasteiger partial charge in [0.2, 0.25) is 0 Å². The van der Waals surface area contributed by atoms with E-state index in [0.29, 0.717) is 24.2 Å². The first-order chi connectivity index (χ1) is 12.4. The third-order valence-corrected chi connectivity index (χ3v) is 8.99. The van der Waals surface area contributed by atoms with Gasteiger partial charge in [-0.05, 0) is 79.8 Å². The van der Waals surface area contributed by atoms with E-state index in [1.165, 1.54) is 18.4 Å². The van der Waals surface area contributed by atoms with Gasteiger partial charge in [0.15, 0.2) is 0 Å². The first-order valence-electron chi connectivity index (χ1n) is 10.3. The molecule has 5 rings (SSSR count). The van der Waals surface area contributed by atoms with Gasteiger partial charge in [-0.3, -0.25) is 4.79 Å². The highest BCUT2D eigenvalue weighted by molar-refractivity contribution is 5.96. The Morgan fingerprint density at radius 1 is 1.12 bits per heavy atom. The van der Waals surface area contributed by atoms with Crippen molar-refractivity contribution in [1.29, 1.82) is 0 Å². The van der Waals surface area contributed by atoms with E-state index < -0.39 is 0 Å². The smallest absolute Gasteiger partial charge is 0.306 e. The summed E-state index contributed by atoms with van der Waals surface area (Å²) in [4.78, 5) is 11.9. The number of nitrogens with zero attached hydrogens (tertiary/aromatic N) is 1. The summed E-state index contributed by atoms with van der Waals surface area (Å²) >= 11 is 0. The van der Waals surface area contributed by atoms with Crippen LogP contribution in [0.3, 0.4) is 0 Å². The lowest BCUT2D eigenvalue weighted by molar-refractivity contribution is -0.165. The summed E-state index contributed by atoms with van der Waals surface area (Å²) < 4.78 is 6.00. The van der Waals surface area contributed by atoms with E-state index in [0.717, 1.165) is 37.8 Å². The van der Waals surface area contributed by atoms with Crippen molar-refractivity contribution in [1.82, 2.24) is 0 Å². The van der Waals surface area contributed by atoms with Gasteiger partial charge < -0.3 is 9.94 Å². The molecule has 4 aliphatic carbocycles. The molecule has 6 atom stereocenters. The van der Waals surface area contributed by atoms with Crippen molar-refractivity contribution in [2.45, 2.75) is 70.8 Å². The van der Waals surface area contributed by atoms with Gasteiger partial charge in [0.1, 0.15) is 5.60 Å². The molecule has 0 aromatic rings. The molecule has 0 aromatic heterocycles. The summed E-state index contributed by atoms with van der Waals surface area (Å²) in [6, 6.07) is 0. The molecule has 3 fully saturated rings. The Morgan fingerprint density at radius 2 is 1.92 bits per heavy atom. The van der Waals surface area contributed by atoms with E-state index in [2.05, 4.69) is 37.2 Å². The van der Waals surface area contributed by atoms with Gasteiger partial charge >= 0.3 is 5.97 Å². The Morgan fingerprint density at radius 3 is 2.65 bits per heavy atom. The lowest BCUT2D eigenvalue weighted by Crippen LogP contribution is -2.53. The normalized spacial score (nSPS) is 51.0. The van der Waals surface area contributed by atoms with E-state index in [1.807, 2.05) is 0 Å². The van der Waals surface area contributed by atoms with Crippen LogP contribution in [0, 0.1) is 28.6 Å². The van der Waals surface area contributed by atoms with Crippen molar-refractivity contribution in [2.24, 2.45) is 33.7 Å². The zero-order valence-electron chi connectivity index (χ0n) is 15.8. The van der Waals surface area contributed by atoms with Crippen LogP contribution in [-0.4, -0.2) is 22.5 Å². The summed E-state index contributed by atoms with van der Waals surface area (Å²) in [6.07, 6.45) is 14.8. The number of esters is 1. The van der Waals surface area contributed by atoms with Gasteiger partial charge in [-0.25, -0.2) is 0 Å². The van der Waals surface area contributed by atoms with Gasteiger partial charge in [-0.2, -0.15) is 0 Å². The second kappa shape index (κ2) is 5.24. The molecule has 140 valence electrons. The number of carbonyl (C=O) groups excluding carboxylic acids is 1. The van der Waals surface area contributed by atoms with E-state index in [9.17, 15) is 10.0 Å². The van der Waals surface area contributed by atoms with Crippen LogP contribution in [0.4, 0.5) is 0 Å². The Bertz CT molecular complexity index is 752. The van der Waals surface area contributed by atoms with Gasteiger partial charge in [0.05, 0.1) is 5.71 Å². The largest absolute Gasteiger partial charge is 0.458 e. The standard InChI is InChI=1S/C22H29NO3/c1-20-9-5-15(23-25)13-14(20)3-4-16-17(20)6-10-21(2)18(16)7-11-22(21)12-8-19(24)26-22/h3-4,13,16-18,25H,5-12H2,1-2H3/b23-15-/t16-,17-,18+,20+,21+,22+/m0/s1. The minimum atomic E-state index is -0.201. The average molecular weight is 355 g/mol. The van der Waals surface area contributed by atoms with E-state index in [1.54, 1.807) is 0 Å². The number of hydrogen-bond donors (Lipinski definition) is 1. The molecule has 1 spiro atoms. The molecule has 0 bridgehead atoms. The van der Waals surface area contributed by atoms with Crippen molar-refractivity contribution < 1.29 is 14.7 Å². The third kappa shape index (κ3) is 1.91. The molecule has 1 N–H and O–H groups in total. The highest BCUT2D eigenvalue weighted by Crippen LogP contribution is 2.68. The second-order valence-electron chi connectivity index (χ2n) is 9.72. The number of rotatable bonds is 0. The molecular weight excluding hydrogens is 326 g/mol. The fourth-order valence-electron chi connectivity index (χ4n) is 7.38. The Labute approximate surface area is 155 Å². The summed E-state index contributed by atoms with van der Waals surface area (Å²) in [5, 5.41) is 12.6. The molecule has 0 amide bonds. The van der Waals surface area contributed by atoms with Crippen LogP contribution < -0.4 is 0 Å². The van der Waals surface area contributed by atoms with E-state index in [-0.39, 0.29) is 22.4 Å². The van der Waals surface area contributed by atoms with E-state index in [4.69, 9.17) is 4.74 Å². The van der Waals surface area contributed by atoms with Crippen LogP contribution in [0.15, 0.2) is 29.0 Å². The van der Waals surface area contributed by atoms with Crippen molar-refractivity contribution in [3.63, 3.8) is 0 Å². The molecule has 2 saturated carbocycles. The summed E-state index contributed by atoms with van der Waals surface area (Å²) in [5.41, 5.74) is 2.24. The van der Waals surface area contributed by atoms with Crippen molar-refractivity contribution in [3.05, 3.63) is 23.8 Å². The van der Waals surface area contributed by atoms with Gasteiger partial charge in [-0.1, -0.05) is 31.2 Å². The van der Waals surface area contributed by atoms with Crippen molar-refractivity contribution in [3.8, 4) is 0 Å². The monoisotopic (exact) mass is 355 g/mol. The minimum absolute atomic E-state index is 0.00784. The minimum Gasteiger partial charge on any atom is -0.458 e. The van der Waals surface area contributed by atoms with Crippen LogP contribution in [0.1, 0.15) is 65.2 Å². The number of ether oxygens (including phenoxy) is 1. The van der Waals surface area contributed by atoms with E-state index >= 15 is 0 Å². The maximum atomic E-state index is 11.9. The summed E-state index contributed by atoms with van der Waals surface area (Å²) in [5.74, 6) is 1.83. The summed E-state index contributed by atoms with van der Waals surface area (Å²) in [7, 11) is 0. The lowest BCUT2D eigenvalue weighted by Gasteiger charge is -2.57. The molecule has 4 nitrogen and oxygen atoms in total. The molecule has 1 saturated heterocycles. The molecular formula is C22H29NO3. The zero-order valence-corrected chi connectivity index (χ0v) is 15.8. The van der Waals surface area contributed by atoms with Crippen LogP contribution in [0.25, 0.3) is 0 Å². The molecule has 4 heteroatoms. The first-order valence-corrected chi connectivity index (χ1v) is 10.3. The number of oxime groups is 1. The van der Waals surface area contributed by atoms with Crippen molar-refractivity contribution >= 4 is 11.7 Å². The number of carbonyl (C=O) groups is 1. The maximum Gasteiger partial charge on any atom is 0.306 e. The summed E-state index contributed by atoms with van der Waals surface area (Å²) in [6.45, 7) is 4.82. The molecule has 0 unspecified atom stereocenters. The molecule has 5 aliphatic rings. The quantitative estimate of drug-likeness (QED) is 0.391. The molecule has 1 heterocycles. The Hall–Kier alpha value is -1.58. The molecule has 0 radical (unpaired) electrons. The fourth-order valence-corrected chi connectivity index (χ4v) is 7.38. The van der Waals surface area contributed by atoms with Crippen molar-refractivity contribution in [2.75, 3.05) is 0 Å². The van der Waals surface area contributed by atoms with Gasteiger partial charge in [0, 0.05) is 11.8 Å². The predicted octanol–water partition coefficient (Wildman–Crippen LogP) is 4.63. The van der Waals surface area contributed by atoms with Crippen LogP contribution in [0.5, 0.6) is 0 Å². The highest BCUT2D eigenvalue weighted by atomic mass is 16.6. The highest BCUT2D eigenvalue weighted by Gasteiger charge is 2.66.